The first-order chi connectivity index (χ1) is 15.6. The molecule has 2 aromatic carbocycles. The van der Waals surface area contributed by atoms with Crippen molar-refractivity contribution in [3.63, 3.8) is 0 Å². The maximum absolute atomic E-state index is 11.9. The summed E-state index contributed by atoms with van der Waals surface area (Å²) in [7, 11) is 0. The zero-order valence-corrected chi connectivity index (χ0v) is 17.9. The fourth-order valence-electron chi connectivity index (χ4n) is 3.16. The van der Waals surface area contributed by atoms with E-state index in [1.54, 1.807) is 18.5 Å². The molecule has 2 heterocycles. The summed E-state index contributed by atoms with van der Waals surface area (Å²) in [5.74, 6) is 1.18. The van der Waals surface area contributed by atoms with Crippen LogP contribution in [-0.2, 0) is 4.79 Å². The molecule has 0 bridgehead atoms. The van der Waals surface area contributed by atoms with E-state index in [0.717, 1.165) is 27.9 Å². The molecule has 0 saturated heterocycles. The minimum absolute atomic E-state index is 0.101. The van der Waals surface area contributed by atoms with Crippen LogP contribution >= 0.6 is 0 Å². The Balaban J connectivity index is 1.48. The molecule has 160 valence electrons. The molecule has 1 amide bonds. The van der Waals surface area contributed by atoms with Crippen LogP contribution in [-0.4, -0.2) is 32.1 Å². The fourth-order valence-corrected chi connectivity index (χ4v) is 3.16. The lowest BCUT2D eigenvalue weighted by molar-refractivity contribution is -0.116. The van der Waals surface area contributed by atoms with E-state index in [9.17, 15) is 4.79 Å². The van der Waals surface area contributed by atoms with Crippen molar-refractivity contribution >= 4 is 23.5 Å². The van der Waals surface area contributed by atoms with Gasteiger partial charge in [-0.1, -0.05) is 30.3 Å². The number of amides is 1. The number of nitrogens with one attached hydrogen (secondary N) is 3. The summed E-state index contributed by atoms with van der Waals surface area (Å²) in [4.78, 5) is 20.9. The van der Waals surface area contributed by atoms with Crippen molar-refractivity contribution in [1.29, 1.82) is 0 Å². The van der Waals surface area contributed by atoms with E-state index in [0.29, 0.717) is 11.6 Å². The summed E-state index contributed by atoms with van der Waals surface area (Å²) in [5.41, 5.74) is 4.82. The molecule has 7 heteroatoms. The predicted molar refractivity (Wildman–Crippen MR) is 127 cm³/mol. The highest BCUT2D eigenvalue weighted by molar-refractivity contribution is 5.92. The Morgan fingerprint density at radius 2 is 1.88 bits per heavy atom. The standard InChI is InChI=1S/C25H24N6O/c1-17(2)29-24(32)11-6-18-4-3-5-20(14-18)25-26-13-12-23(31-25)30-22-9-7-19(8-10-22)21-15-27-28-16-21/h3-17H,1-2H3,(H,27,28)(H,29,32)(H,26,30,31)/b11-6+. The van der Waals surface area contributed by atoms with Crippen LogP contribution < -0.4 is 10.6 Å². The van der Waals surface area contributed by atoms with Gasteiger partial charge in [-0.25, -0.2) is 9.97 Å². The number of aromatic amines is 1. The Bertz CT molecular complexity index is 1210. The lowest BCUT2D eigenvalue weighted by Gasteiger charge is -2.08. The monoisotopic (exact) mass is 424 g/mol. The van der Waals surface area contributed by atoms with Gasteiger partial charge in [0, 0.05) is 41.3 Å². The molecule has 0 spiro atoms. The summed E-state index contributed by atoms with van der Waals surface area (Å²) < 4.78 is 0. The number of hydrogen-bond donors (Lipinski definition) is 3. The van der Waals surface area contributed by atoms with E-state index in [4.69, 9.17) is 0 Å². The van der Waals surface area contributed by atoms with Crippen molar-refractivity contribution in [2.75, 3.05) is 5.32 Å². The van der Waals surface area contributed by atoms with Gasteiger partial charge in [0.25, 0.3) is 0 Å². The Hall–Kier alpha value is -4.26. The van der Waals surface area contributed by atoms with E-state index < -0.39 is 0 Å². The van der Waals surface area contributed by atoms with Crippen molar-refractivity contribution in [2.24, 2.45) is 0 Å². The third-order valence-electron chi connectivity index (χ3n) is 4.65. The Morgan fingerprint density at radius 3 is 2.62 bits per heavy atom. The summed E-state index contributed by atoms with van der Waals surface area (Å²) in [6.07, 6.45) is 8.69. The fraction of sp³-hybridized carbons (Fsp3) is 0.120. The third kappa shape index (κ3) is 5.46. The van der Waals surface area contributed by atoms with E-state index in [-0.39, 0.29) is 11.9 Å². The van der Waals surface area contributed by atoms with Crippen LogP contribution in [0.3, 0.4) is 0 Å². The van der Waals surface area contributed by atoms with Crippen molar-refractivity contribution in [3.05, 3.63) is 84.8 Å². The lowest BCUT2D eigenvalue weighted by atomic mass is 10.1. The Labute approximate surface area is 186 Å². The first kappa shape index (κ1) is 21.0. The third-order valence-corrected chi connectivity index (χ3v) is 4.65. The number of hydrogen-bond acceptors (Lipinski definition) is 5. The number of rotatable bonds is 7. The van der Waals surface area contributed by atoms with Gasteiger partial charge in [-0.05, 0) is 55.3 Å². The Kier molecular flexibility index (Phi) is 6.36. The maximum atomic E-state index is 11.9. The topological polar surface area (TPSA) is 95.6 Å². The SMILES string of the molecule is CC(C)NC(=O)/C=C/c1cccc(-c2nccc(Nc3ccc(-c4cn[nH]c4)cc3)n2)c1. The molecule has 0 unspecified atom stereocenters. The highest BCUT2D eigenvalue weighted by atomic mass is 16.1. The van der Waals surface area contributed by atoms with Crippen molar-refractivity contribution < 1.29 is 4.79 Å². The number of H-pyrrole nitrogens is 1. The van der Waals surface area contributed by atoms with Crippen molar-refractivity contribution in [3.8, 4) is 22.5 Å². The first-order valence-electron chi connectivity index (χ1n) is 10.3. The second-order valence-corrected chi connectivity index (χ2v) is 7.58. The van der Waals surface area contributed by atoms with Gasteiger partial charge in [-0.15, -0.1) is 0 Å². The van der Waals surface area contributed by atoms with E-state index in [1.165, 1.54) is 6.08 Å². The summed E-state index contributed by atoms with van der Waals surface area (Å²) >= 11 is 0. The summed E-state index contributed by atoms with van der Waals surface area (Å²) in [6.45, 7) is 3.86. The van der Waals surface area contributed by atoms with Gasteiger partial charge in [0.05, 0.1) is 6.20 Å². The second kappa shape index (κ2) is 9.70. The molecule has 0 fully saturated rings. The van der Waals surface area contributed by atoms with Gasteiger partial charge in [-0.3, -0.25) is 9.89 Å². The predicted octanol–water partition coefficient (Wildman–Crippen LogP) is 4.82. The average Bonchev–Trinajstić information content (AvgIpc) is 3.33. The zero-order chi connectivity index (χ0) is 22.3. The number of aromatic nitrogens is 4. The smallest absolute Gasteiger partial charge is 0.244 e. The molecule has 4 aromatic rings. The number of carbonyl (C=O) groups excluding carboxylic acids is 1. The maximum Gasteiger partial charge on any atom is 0.244 e. The molecule has 0 aliphatic rings. The molecule has 0 aliphatic heterocycles. The normalized spacial score (nSPS) is 11.1. The van der Waals surface area contributed by atoms with Crippen LogP contribution in [0.25, 0.3) is 28.6 Å². The average molecular weight is 425 g/mol. The molecule has 0 radical (unpaired) electrons. The van der Waals surface area contributed by atoms with Gasteiger partial charge in [0.2, 0.25) is 5.91 Å². The van der Waals surface area contributed by atoms with Gasteiger partial charge in [-0.2, -0.15) is 5.10 Å². The van der Waals surface area contributed by atoms with Crippen molar-refractivity contribution in [2.45, 2.75) is 19.9 Å². The first-order valence-corrected chi connectivity index (χ1v) is 10.3. The Morgan fingerprint density at radius 1 is 1.03 bits per heavy atom. The molecular weight excluding hydrogens is 400 g/mol. The zero-order valence-electron chi connectivity index (χ0n) is 17.9. The van der Waals surface area contributed by atoms with Gasteiger partial charge < -0.3 is 10.6 Å². The van der Waals surface area contributed by atoms with Crippen LogP contribution in [0.5, 0.6) is 0 Å². The molecule has 0 aliphatic carbocycles. The molecule has 4 rings (SSSR count). The van der Waals surface area contributed by atoms with E-state index in [2.05, 4.69) is 30.8 Å². The summed E-state index contributed by atoms with van der Waals surface area (Å²) in [6, 6.07) is 17.7. The van der Waals surface area contributed by atoms with Crippen LogP contribution in [0.2, 0.25) is 0 Å². The molecular formula is C25H24N6O. The van der Waals surface area contributed by atoms with Crippen molar-refractivity contribution in [1.82, 2.24) is 25.5 Å². The summed E-state index contributed by atoms with van der Waals surface area (Å²) in [5, 5.41) is 13.0. The molecule has 0 saturated carbocycles. The van der Waals surface area contributed by atoms with Crippen LogP contribution in [0.4, 0.5) is 11.5 Å². The molecule has 32 heavy (non-hydrogen) atoms. The van der Waals surface area contributed by atoms with Crippen LogP contribution in [0.1, 0.15) is 19.4 Å². The van der Waals surface area contributed by atoms with E-state index >= 15 is 0 Å². The number of anilines is 2. The molecule has 3 N–H and O–H groups in total. The number of carbonyl (C=O) groups is 1. The van der Waals surface area contributed by atoms with Crippen LogP contribution in [0.15, 0.2) is 79.3 Å². The lowest BCUT2D eigenvalue weighted by Crippen LogP contribution is -2.28. The van der Waals surface area contributed by atoms with E-state index in [1.807, 2.05) is 74.6 Å². The quantitative estimate of drug-likeness (QED) is 0.370. The minimum Gasteiger partial charge on any atom is -0.350 e. The largest absolute Gasteiger partial charge is 0.350 e. The second-order valence-electron chi connectivity index (χ2n) is 7.58. The molecule has 2 aromatic heterocycles. The minimum atomic E-state index is -0.119. The van der Waals surface area contributed by atoms with Gasteiger partial charge in [0.1, 0.15) is 5.82 Å². The highest BCUT2D eigenvalue weighted by Crippen LogP contribution is 2.23. The number of benzene rings is 2. The molecule has 7 nitrogen and oxygen atoms in total. The van der Waals surface area contributed by atoms with Crippen LogP contribution in [0, 0.1) is 0 Å². The van der Waals surface area contributed by atoms with Gasteiger partial charge >= 0.3 is 0 Å². The molecule has 0 atom stereocenters. The van der Waals surface area contributed by atoms with Gasteiger partial charge in [0.15, 0.2) is 5.82 Å². The number of nitrogens with zero attached hydrogens (tertiary/aromatic N) is 3. The highest BCUT2D eigenvalue weighted by Gasteiger charge is 2.05.